The molecule has 0 saturated carbocycles. The third-order valence-corrected chi connectivity index (χ3v) is 3.06. The van der Waals surface area contributed by atoms with Gasteiger partial charge in [-0.25, -0.2) is 4.98 Å². The molecule has 0 aliphatic carbocycles. The van der Waals surface area contributed by atoms with Crippen molar-refractivity contribution in [2.45, 2.75) is 20.0 Å². The summed E-state index contributed by atoms with van der Waals surface area (Å²) in [6, 6.07) is 4.63. The van der Waals surface area contributed by atoms with Crippen molar-refractivity contribution in [2.75, 3.05) is 5.32 Å². The number of benzene rings is 1. The number of anilines is 1. The van der Waals surface area contributed by atoms with Gasteiger partial charge in [0, 0.05) is 30.7 Å². The Bertz CT molecular complexity index is 597. The zero-order valence-corrected chi connectivity index (χ0v) is 11.1. The van der Waals surface area contributed by atoms with Crippen LogP contribution >= 0.6 is 11.6 Å². The maximum atomic E-state index is 10.8. The first-order valence-electron chi connectivity index (χ1n) is 5.79. The second-order valence-corrected chi connectivity index (χ2v) is 4.31. The van der Waals surface area contributed by atoms with Crippen LogP contribution in [0.15, 0.2) is 30.6 Å². The molecule has 1 heterocycles. The van der Waals surface area contributed by atoms with Crippen molar-refractivity contribution in [1.29, 1.82) is 0 Å². The van der Waals surface area contributed by atoms with E-state index in [1.807, 2.05) is 17.7 Å². The lowest BCUT2D eigenvalue weighted by Crippen LogP contribution is -2.07. The van der Waals surface area contributed by atoms with E-state index in [2.05, 4.69) is 10.3 Å². The molecule has 19 heavy (non-hydrogen) atoms. The molecule has 7 heteroatoms. The fourth-order valence-electron chi connectivity index (χ4n) is 1.74. The Morgan fingerprint density at radius 1 is 1.53 bits per heavy atom. The molecule has 1 aromatic heterocycles. The van der Waals surface area contributed by atoms with E-state index in [0.717, 1.165) is 12.4 Å². The highest BCUT2D eigenvalue weighted by molar-refractivity contribution is 6.32. The largest absolute Gasteiger partial charge is 0.378 e. The maximum Gasteiger partial charge on any atom is 0.289 e. The van der Waals surface area contributed by atoms with Crippen molar-refractivity contribution in [3.63, 3.8) is 0 Å². The van der Waals surface area contributed by atoms with Gasteiger partial charge < -0.3 is 9.88 Å². The van der Waals surface area contributed by atoms with Gasteiger partial charge in [-0.05, 0) is 19.1 Å². The predicted molar refractivity (Wildman–Crippen MR) is 73.3 cm³/mol. The molecule has 0 atom stereocenters. The molecule has 0 aliphatic heterocycles. The molecule has 0 radical (unpaired) electrons. The summed E-state index contributed by atoms with van der Waals surface area (Å²) in [5.74, 6) is 0.875. The lowest BCUT2D eigenvalue weighted by atomic mass is 10.3. The molecule has 0 unspecified atom stereocenters. The van der Waals surface area contributed by atoms with Crippen LogP contribution in [0.3, 0.4) is 0 Å². The SMILES string of the molecule is CCn1ccnc1CNc1ccc(Cl)c([N+](=O)[O-])c1. The van der Waals surface area contributed by atoms with Gasteiger partial charge in [0.1, 0.15) is 10.8 Å². The third-order valence-electron chi connectivity index (χ3n) is 2.74. The van der Waals surface area contributed by atoms with E-state index in [1.54, 1.807) is 12.3 Å². The van der Waals surface area contributed by atoms with E-state index in [0.29, 0.717) is 12.2 Å². The summed E-state index contributed by atoms with van der Waals surface area (Å²) in [6.45, 7) is 3.36. The van der Waals surface area contributed by atoms with E-state index in [4.69, 9.17) is 11.6 Å². The zero-order valence-electron chi connectivity index (χ0n) is 10.3. The summed E-state index contributed by atoms with van der Waals surface area (Å²) in [6.07, 6.45) is 3.62. The van der Waals surface area contributed by atoms with Crippen molar-refractivity contribution in [2.24, 2.45) is 0 Å². The van der Waals surface area contributed by atoms with E-state index in [9.17, 15) is 10.1 Å². The Kier molecular flexibility index (Phi) is 4.01. The van der Waals surface area contributed by atoms with Crippen LogP contribution in [0.2, 0.25) is 5.02 Å². The monoisotopic (exact) mass is 280 g/mol. The Labute approximate surface area is 115 Å². The summed E-state index contributed by atoms with van der Waals surface area (Å²) in [5, 5.41) is 14.0. The molecular formula is C12H13ClN4O2. The minimum absolute atomic E-state index is 0.106. The Hall–Kier alpha value is -2.08. The van der Waals surface area contributed by atoms with Gasteiger partial charge in [-0.15, -0.1) is 0 Å². The number of nitro benzene ring substituents is 1. The summed E-state index contributed by atoms with van der Waals surface area (Å²) < 4.78 is 2.00. The van der Waals surface area contributed by atoms with Crippen LogP contribution in [-0.4, -0.2) is 14.5 Å². The lowest BCUT2D eigenvalue weighted by Gasteiger charge is -2.08. The molecule has 0 aliphatic rings. The number of hydrogen-bond acceptors (Lipinski definition) is 4. The number of halogens is 1. The zero-order chi connectivity index (χ0) is 13.8. The molecule has 2 aromatic rings. The first kappa shape index (κ1) is 13.4. The summed E-state index contributed by atoms with van der Waals surface area (Å²) in [7, 11) is 0. The van der Waals surface area contributed by atoms with E-state index >= 15 is 0 Å². The molecule has 1 N–H and O–H groups in total. The highest BCUT2D eigenvalue weighted by Gasteiger charge is 2.12. The van der Waals surface area contributed by atoms with Crippen molar-refractivity contribution < 1.29 is 4.92 Å². The number of aryl methyl sites for hydroxylation is 1. The third kappa shape index (κ3) is 3.03. The van der Waals surface area contributed by atoms with Crippen LogP contribution in [0.5, 0.6) is 0 Å². The van der Waals surface area contributed by atoms with Crippen LogP contribution in [0.4, 0.5) is 11.4 Å². The van der Waals surface area contributed by atoms with Gasteiger partial charge in [-0.2, -0.15) is 0 Å². The summed E-state index contributed by atoms with van der Waals surface area (Å²) >= 11 is 5.75. The van der Waals surface area contributed by atoms with Crippen LogP contribution < -0.4 is 5.32 Å². The first-order valence-corrected chi connectivity index (χ1v) is 6.17. The Balaban J connectivity index is 2.12. The van der Waals surface area contributed by atoms with E-state index < -0.39 is 4.92 Å². The highest BCUT2D eigenvalue weighted by atomic mass is 35.5. The second-order valence-electron chi connectivity index (χ2n) is 3.91. The van der Waals surface area contributed by atoms with Crippen LogP contribution in [0.25, 0.3) is 0 Å². The Morgan fingerprint density at radius 2 is 2.32 bits per heavy atom. The fourth-order valence-corrected chi connectivity index (χ4v) is 1.93. The van der Waals surface area contributed by atoms with Crippen molar-refractivity contribution in [3.8, 4) is 0 Å². The molecule has 0 saturated heterocycles. The minimum atomic E-state index is -0.500. The van der Waals surface area contributed by atoms with Gasteiger partial charge >= 0.3 is 0 Å². The summed E-state index contributed by atoms with van der Waals surface area (Å²) in [5.41, 5.74) is 0.534. The predicted octanol–water partition coefficient (Wildman–Crippen LogP) is 3.08. The lowest BCUT2D eigenvalue weighted by molar-refractivity contribution is -0.384. The standard InChI is InChI=1S/C12H13ClN4O2/c1-2-16-6-5-14-12(16)8-15-9-3-4-10(13)11(7-9)17(18)19/h3-7,15H,2,8H2,1H3. The molecule has 0 spiro atoms. The number of nitro groups is 1. The average molecular weight is 281 g/mol. The second kappa shape index (κ2) is 5.71. The van der Waals surface area contributed by atoms with Gasteiger partial charge in [0.15, 0.2) is 0 Å². The van der Waals surface area contributed by atoms with Crippen molar-refractivity contribution in [1.82, 2.24) is 9.55 Å². The number of nitrogens with zero attached hydrogens (tertiary/aromatic N) is 3. The smallest absolute Gasteiger partial charge is 0.289 e. The number of hydrogen-bond donors (Lipinski definition) is 1. The van der Waals surface area contributed by atoms with Gasteiger partial charge in [0.05, 0.1) is 11.5 Å². The minimum Gasteiger partial charge on any atom is -0.378 e. The van der Waals surface area contributed by atoms with Crippen molar-refractivity contribution in [3.05, 3.63) is 51.6 Å². The number of rotatable bonds is 5. The quantitative estimate of drug-likeness (QED) is 0.675. The molecular weight excluding hydrogens is 268 g/mol. The molecule has 0 bridgehead atoms. The van der Waals surface area contributed by atoms with Gasteiger partial charge in [0.2, 0.25) is 0 Å². The van der Waals surface area contributed by atoms with Crippen molar-refractivity contribution >= 4 is 23.0 Å². The molecule has 6 nitrogen and oxygen atoms in total. The van der Waals surface area contributed by atoms with E-state index in [1.165, 1.54) is 12.1 Å². The van der Waals surface area contributed by atoms with Crippen LogP contribution in [0.1, 0.15) is 12.7 Å². The first-order chi connectivity index (χ1) is 9.11. The molecule has 2 rings (SSSR count). The highest BCUT2D eigenvalue weighted by Crippen LogP contribution is 2.27. The van der Waals surface area contributed by atoms with Crippen LogP contribution in [0, 0.1) is 10.1 Å². The average Bonchev–Trinajstić information content (AvgIpc) is 2.84. The molecule has 0 amide bonds. The van der Waals surface area contributed by atoms with Gasteiger partial charge in [0.25, 0.3) is 5.69 Å². The normalized spacial score (nSPS) is 10.4. The Morgan fingerprint density at radius 3 is 3.00 bits per heavy atom. The van der Waals surface area contributed by atoms with Crippen LogP contribution in [-0.2, 0) is 13.1 Å². The molecule has 1 aromatic carbocycles. The van der Waals surface area contributed by atoms with Gasteiger partial charge in [-0.3, -0.25) is 10.1 Å². The molecule has 0 fully saturated rings. The number of nitrogens with one attached hydrogen (secondary N) is 1. The fraction of sp³-hybridized carbons (Fsp3) is 0.250. The van der Waals surface area contributed by atoms with Gasteiger partial charge in [-0.1, -0.05) is 11.6 Å². The summed E-state index contributed by atoms with van der Waals surface area (Å²) in [4.78, 5) is 14.5. The topological polar surface area (TPSA) is 73.0 Å². The number of imidazole rings is 1. The number of aromatic nitrogens is 2. The molecule has 100 valence electrons. The maximum absolute atomic E-state index is 10.8. The van der Waals surface area contributed by atoms with E-state index in [-0.39, 0.29) is 10.7 Å².